The van der Waals surface area contributed by atoms with Crippen molar-refractivity contribution >= 4 is 28.4 Å². The van der Waals surface area contributed by atoms with E-state index in [1.165, 1.54) is 6.33 Å². The van der Waals surface area contributed by atoms with Gasteiger partial charge in [0, 0.05) is 10.9 Å². The molecule has 126 valence electrons. The molecule has 0 saturated carbocycles. The molecule has 2 aromatic carbocycles. The maximum absolute atomic E-state index is 12.3. The van der Waals surface area contributed by atoms with E-state index in [9.17, 15) is 4.79 Å². The lowest BCUT2D eigenvalue weighted by molar-refractivity contribution is -0.134. The molecule has 1 N–H and O–H groups in total. The molecule has 0 radical (unpaired) electrons. The van der Waals surface area contributed by atoms with Crippen LogP contribution in [0, 0.1) is 6.92 Å². The molecule has 0 aliphatic rings. The van der Waals surface area contributed by atoms with E-state index in [0.717, 1.165) is 16.5 Å². The van der Waals surface area contributed by atoms with Crippen LogP contribution < -0.4 is 5.43 Å². The number of aryl methyl sites for hydroxylation is 1. The van der Waals surface area contributed by atoms with E-state index < -0.39 is 5.97 Å². The molecule has 0 amide bonds. The molecule has 6 heteroatoms. The SMILES string of the molecule is CCOC(=O)/C(=N/Nc1ncnc2ccccc12)c1ccc(C)cc1. The Morgan fingerprint density at radius 2 is 1.88 bits per heavy atom. The maximum atomic E-state index is 12.3. The summed E-state index contributed by atoms with van der Waals surface area (Å²) in [7, 11) is 0. The number of nitrogens with one attached hydrogen (secondary N) is 1. The Morgan fingerprint density at radius 3 is 2.64 bits per heavy atom. The van der Waals surface area contributed by atoms with Gasteiger partial charge in [-0.2, -0.15) is 5.10 Å². The first-order chi connectivity index (χ1) is 12.2. The van der Waals surface area contributed by atoms with Gasteiger partial charge in [0.05, 0.1) is 12.1 Å². The predicted molar refractivity (Wildman–Crippen MR) is 97.5 cm³/mol. The Hall–Kier alpha value is -3.28. The number of para-hydroxylation sites is 1. The van der Waals surface area contributed by atoms with Crippen molar-refractivity contribution in [1.29, 1.82) is 0 Å². The van der Waals surface area contributed by atoms with Crippen LogP contribution in [0.5, 0.6) is 0 Å². The second-order valence-electron chi connectivity index (χ2n) is 5.40. The monoisotopic (exact) mass is 334 g/mol. The number of nitrogens with zero attached hydrogens (tertiary/aromatic N) is 3. The van der Waals surface area contributed by atoms with Crippen LogP contribution in [0.25, 0.3) is 10.9 Å². The third-order valence-electron chi connectivity index (χ3n) is 3.61. The summed E-state index contributed by atoms with van der Waals surface area (Å²) in [6, 6.07) is 15.1. The number of hydrogen-bond acceptors (Lipinski definition) is 6. The topological polar surface area (TPSA) is 76.5 Å². The molecule has 0 aliphatic carbocycles. The summed E-state index contributed by atoms with van der Waals surface area (Å²) in [6.07, 6.45) is 1.45. The highest BCUT2D eigenvalue weighted by Gasteiger charge is 2.16. The normalized spacial score (nSPS) is 11.4. The summed E-state index contributed by atoms with van der Waals surface area (Å²) >= 11 is 0. The highest BCUT2D eigenvalue weighted by molar-refractivity contribution is 6.43. The van der Waals surface area contributed by atoms with Crippen molar-refractivity contribution in [3.8, 4) is 0 Å². The number of rotatable bonds is 5. The van der Waals surface area contributed by atoms with Crippen molar-refractivity contribution in [2.75, 3.05) is 12.0 Å². The molecular formula is C19H18N4O2. The number of benzene rings is 2. The molecule has 0 fully saturated rings. The zero-order valence-electron chi connectivity index (χ0n) is 14.1. The quantitative estimate of drug-likeness (QED) is 0.440. The zero-order valence-corrected chi connectivity index (χ0v) is 14.1. The fourth-order valence-electron chi connectivity index (χ4n) is 2.34. The van der Waals surface area contributed by atoms with Crippen LogP contribution >= 0.6 is 0 Å². The first-order valence-electron chi connectivity index (χ1n) is 7.96. The van der Waals surface area contributed by atoms with Crippen molar-refractivity contribution in [3.05, 3.63) is 66.0 Å². The molecule has 6 nitrogen and oxygen atoms in total. The van der Waals surface area contributed by atoms with Crippen LogP contribution in [-0.4, -0.2) is 28.3 Å². The van der Waals surface area contributed by atoms with Crippen molar-refractivity contribution < 1.29 is 9.53 Å². The van der Waals surface area contributed by atoms with Crippen LogP contribution in [0.15, 0.2) is 60.0 Å². The van der Waals surface area contributed by atoms with E-state index in [0.29, 0.717) is 11.4 Å². The molecule has 1 heterocycles. The van der Waals surface area contributed by atoms with Gasteiger partial charge in [0.1, 0.15) is 6.33 Å². The number of anilines is 1. The van der Waals surface area contributed by atoms with E-state index >= 15 is 0 Å². The Kier molecular flexibility index (Phi) is 4.99. The van der Waals surface area contributed by atoms with Crippen LogP contribution in [-0.2, 0) is 9.53 Å². The minimum Gasteiger partial charge on any atom is -0.461 e. The molecule has 0 spiro atoms. The number of aromatic nitrogens is 2. The Balaban J connectivity index is 1.97. The highest BCUT2D eigenvalue weighted by Crippen LogP contribution is 2.18. The summed E-state index contributed by atoms with van der Waals surface area (Å²) in [5.74, 6) is 0.0386. The first kappa shape index (κ1) is 16.6. The van der Waals surface area contributed by atoms with E-state index in [2.05, 4.69) is 20.5 Å². The van der Waals surface area contributed by atoms with Gasteiger partial charge < -0.3 is 4.74 Å². The Bertz CT molecular complexity index is 915. The second-order valence-corrected chi connectivity index (χ2v) is 5.40. The lowest BCUT2D eigenvalue weighted by Gasteiger charge is -2.08. The highest BCUT2D eigenvalue weighted by atomic mass is 16.5. The number of ether oxygens (including phenoxy) is 1. The summed E-state index contributed by atoms with van der Waals surface area (Å²) in [6.45, 7) is 4.02. The summed E-state index contributed by atoms with van der Waals surface area (Å²) < 4.78 is 5.12. The fourth-order valence-corrected chi connectivity index (χ4v) is 2.34. The van der Waals surface area contributed by atoms with Crippen LogP contribution in [0.3, 0.4) is 0 Å². The molecule has 0 bridgehead atoms. The average molecular weight is 334 g/mol. The molecule has 25 heavy (non-hydrogen) atoms. The first-order valence-corrected chi connectivity index (χ1v) is 7.96. The lowest BCUT2D eigenvalue weighted by Crippen LogP contribution is -2.20. The van der Waals surface area contributed by atoms with Crippen molar-refractivity contribution in [3.63, 3.8) is 0 Å². The van der Waals surface area contributed by atoms with Crippen LogP contribution in [0.2, 0.25) is 0 Å². The minimum atomic E-state index is -0.489. The molecule has 3 rings (SSSR count). The van der Waals surface area contributed by atoms with Gasteiger partial charge in [-0.15, -0.1) is 0 Å². The summed E-state index contributed by atoms with van der Waals surface area (Å²) in [5.41, 5.74) is 5.64. The van der Waals surface area contributed by atoms with Gasteiger partial charge in [-0.1, -0.05) is 42.0 Å². The molecule has 0 unspecified atom stereocenters. The van der Waals surface area contributed by atoms with E-state index in [1.54, 1.807) is 6.92 Å². The molecule has 1 aromatic heterocycles. The Labute approximate surface area is 145 Å². The van der Waals surface area contributed by atoms with Gasteiger partial charge in [-0.25, -0.2) is 14.8 Å². The van der Waals surface area contributed by atoms with Crippen LogP contribution in [0.4, 0.5) is 5.82 Å². The Morgan fingerprint density at radius 1 is 1.12 bits per heavy atom. The van der Waals surface area contributed by atoms with Gasteiger partial charge >= 0.3 is 5.97 Å². The largest absolute Gasteiger partial charge is 0.461 e. The molecule has 3 aromatic rings. The molecular weight excluding hydrogens is 316 g/mol. The van der Waals surface area contributed by atoms with Gasteiger partial charge in [0.25, 0.3) is 0 Å². The van der Waals surface area contributed by atoms with E-state index in [-0.39, 0.29) is 12.3 Å². The van der Waals surface area contributed by atoms with Gasteiger partial charge in [-0.05, 0) is 26.0 Å². The maximum Gasteiger partial charge on any atom is 0.359 e. The van der Waals surface area contributed by atoms with Gasteiger partial charge in [-0.3, -0.25) is 5.43 Å². The lowest BCUT2D eigenvalue weighted by atomic mass is 10.1. The number of hydrazone groups is 1. The molecule has 0 atom stereocenters. The third kappa shape index (κ3) is 3.80. The number of esters is 1. The minimum absolute atomic E-state index is 0.199. The third-order valence-corrected chi connectivity index (χ3v) is 3.61. The fraction of sp³-hybridized carbons (Fsp3) is 0.158. The van der Waals surface area contributed by atoms with Gasteiger partial charge in [0.2, 0.25) is 0 Å². The molecule has 0 saturated heterocycles. The van der Waals surface area contributed by atoms with Crippen molar-refractivity contribution in [2.45, 2.75) is 13.8 Å². The summed E-state index contributed by atoms with van der Waals surface area (Å²) in [4.78, 5) is 20.7. The number of carbonyl (C=O) groups is 1. The second kappa shape index (κ2) is 7.53. The van der Waals surface area contributed by atoms with E-state index in [4.69, 9.17) is 4.74 Å². The van der Waals surface area contributed by atoms with Crippen molar-refractivity contribution in [1.82, 2.24) is 9.97 Å². The smallest absolute Gasteiger partial charge is 0.359 e. The van der Waals surface area contributed by atoms with Crippen molar-refractivity contribution in [2.24, 2.45) is 5.10 Å². The number of fused-ring (bicyclic) bond motifs is 1. The standard InChI is InChI=1S/C19H18N4O2/c1-3-25-19(24)17(14-10-8-13(2)9-11-14)22-23-18-15-6-4-5-7-16(15)20-12-21-18/h4-12H,3H2,1-2H3,(H,20,21,23)/b22-17+. The zero-order chi connectivity index (χ0) is 17.6. The predicted octanol–water partition coefficient (Wildman–Crippen LogP) is 3.32. The average Bonchev–Trinajstić information content (AvgIpc) is 2.63. The summed E-state index contributed by atoms with van der Waals surface area (Å²) in [5, 5.41) is 5.08. The van der Waals surface area contributed by atoms with Gasteiger partial charge in [0.15, 0.2) is 11.5 Å². The number of carbonyl (C=O) groups excluding carboxylic acids is 1. The van der Waals surface area contributed by atoms with Crippen LogP contribution in [0.1, 0.15) is 18.1 Å². The number of hydrogen-bond donors (Lipinski definition) is 1. The van der Waals surface area contributed by atoms with E-state index in [1.807, 2.05) is 55.5 Å². The molecule has 0 aliphatic heterocycles.